The fourth-order valence-electron chi connectivity index (χ4n) is 2.44. The molecule has 0 spiro atoms. The Bertz CT molecular complexity index is 469. The van der Waals surface area contributed by atoms with Crippen molar-refractivity contribution in [3.63, 3.8) is 0 Å². The first-order valence-electron chi connectivity index (χ1n) is 5.39. The van der Waals surface area contributed by atoms with E-state index in [1.165, 1.54) is 6.26 Å². The van der Waals surface area contributed by atoms with Gasteiger partial charge in [0.25, 0.3) is 0 Å². The zero-order valence-corrected chi connectivity index (χ0v) is 10.1. The SMILES string of the molecule is CS(=O)(=O)CC1(c2ccc(O)cc2)CCC1. The lowest BCUT2D eigenvalue weighted by Gasteiger charge is -2.42. The van der Waals surface area contributed by atoms with Crippen molar-refractivity contribution in [1.82, 2.24) is 0 Å². The van der Waals surface area contributed by atoms with E-state index in [-0.39, 0.29) is 16.9 Å². The van der Waals surface area contributed by atoms with Gasteiger partial charge >= 0.3 is 0 Å². The molecule has 0 aliphatic heterocycles. The first-order valence-corrected chi connectivity index (χ1v) is 7.45. The van der Waals surface area contributed by atoms with Crippen molar-refractivity contribution in [2.24, 2.45) is 0 Å². The highest BCUT2D eigenvalue weighted by molar-refractivity contribution is 7.90. The molecule has 4 heteroatoms. The Kier molecular flexibility index (Phi) is 2.70. The minimum atomic E-state index is -2.96. The summed E-state index contributed by atoms with van der Waals surface area (Å²) in [5.41, 5.74) is 0.823. The van der Waals surface area contributed by atoms with Crippen LogP contribution in [-0.2, 0) is 15.3 Å². The van der Waals surface area contributed by atoms with Crippen LogP contribution in [0.5, 0.6) is 5.75 Å². The summed E-state index contributed by atoms with van der Waals surface area (Å²) in [4.78, 5) is 0. The van der Waals surface area contributed by atoms with Gasteiger partial charge in [0.1, 0.15) is 15.6 Å². The van der Waals surface area contributed by atoms with E-state index in [0.29, 0.717) is 0 Å². The number of hydrogen-bond donors (Lipinski definition) is 1. The Morgan fingerprint density at radius 3 is 2.19 bits per heavy atom. The van der Waals surface area contributed by atoms with Crippen LogP contribution in [-0.4, -0.2) is 25.5 Å². The van der Waals surface area contributed by atoms with Gasteiger partial charge in [-0.25, -0.2) is 8.42 Å². The quantitative estimate of drug-likeness (QED) is 0.877. The molecule has 1 N–H and O–H groups in total. The lowest BCUT2D eigenvalue weighted by Crippen LogP contribution is -2.40. The molecule has 0 bridgehead atoms. The second-order valence-corrected chi connectivity index (χ2v) is 6.89. The van der Waals surface area contributed by atoms with Crippen molar-refractivity contribution < 1.29 is 13.5 Å². The van der Waals surface area contributed by atoms with Crippen LogP contribution in [0.1, 0.15) is 24.8 Å². The molecule has 1 aliphatic rings. The van der Waals surface area contributed by atoms with Gasteiger partial charge in [-0.05, 0) is 30.5 Å². The van der Waals surface area contributed by atoms with E-state index >= 15 is 0 Å². The van der Waals surface area contributed by atoms with Crippen LogP contribution in [0.25, 0.3) is 0 Å². The zero-order chi connectivity index (χ0) is 11.8. The maximum absolute atomic E-state index is 11.4. The van der Waals surface area contributed by atoms with Gasteiger partial charge in [-0.2, -0.15) is 0 Å². The van der Waals surface area contributed by atoms with E-state index in [4.69, 9.17) is 0 Å². The molecular formula is C12H16O3S. The molecule has 0 aromatic heterocycles. The van der Waals surface area contributed by atoms with Crippen molar-refractivity contribution in [1.29, 1.82) is 0 Å². The molecular weight excluding hydrogens is 224 g/mol. The molecule has 88 valence electrons. The largest absolute Gasteiger partial charge is 0.508 e. The molecule has 1 saturated carbocycles. The van der Waals surface area contributed by atoms with Gasteiger partial charge in [0.15, 0.2) is 0 Å². The minimum Gasteiger partial charge on any atom is -0.508 e. The van der Waals surface area contributed by atoms with Crippen LogP contribution in [0.4, 0.5) is 0 Å². The van der Waals surface area contributed by atoms with Gasteiger partial charge in [-0.1, -0.05) is 18.6 Å². The molecule has 0 unspecified atom stereocenters. The standard InChI is InChI=1S/C12H16O3S/c1-16(14,15)9-12(7-2-8-12)10-3-5-11(13)6-4-10/h3-6,13H,2,7-9H2,1H3. The smallest absolute Gasteiger partial charge is 0.148 e. The normalized spacial score (nSPS) is 19.1. The van der Waals surface area contributed by atoms with E-state index in [2.05, 4.69) is 0 Å². The minimum absolute atomic E-state index is 0.207. The van der Waals surface area contributed by atoms with Crippen LogP contribution in [0, 0.1) is 0 Å². The Hall–Kier alpha value is -1.03. The lowest BCUT2D eigenvalue weighted by molar-refractivity contribution is 0.274. The molecule has 1 fully saturated rings. The van der Waals surface area contributed by atoms with E-state index in [1.54, 1.807) is 12.1 Å². The molecule has 0 saturated heterocycles. The average molecular weight is 240 g/mol. The Labute approximate surface area is 96.0 Å². The molecule has 0 atom stereocenters. The summed E-state index contributed by atoms with van der Waals surface area (Å²) in [6.45, 7) is 0. The van der Waals surface area contributed by atoms with Gasteiger partial charge < -0.3 is 5.11 Å². The summed E-state index contributed by atoms with van der Waals surface area (Å²) in [5.74, 6) is 0.433. The van der Waals surface area contributed by atoms with Gasteiger partial charge in [-0.15, -0.1) is 0 Å². The Morgan fingerprint density at radius 1 is 1.25 bits per heavy atom. The van der Waals surface area contributed by atoms with Crippen LogP contribution >= 0.6 is 0 Å². The molecule has 1 aromatic carbocycles. The fourth-order valence-corrected chi connectivity index (χ4v) is 3.90. The Balaban J connectivity index is 2.31. The number of rotatable bonds is 3. The molecule has 1 aliphatic carbocycles. The third-order valence-electron chi connectivity index (χ3n) is 3.33. The third kappa shape index (κ3) is 2.21. The average Bonchev–Trinajstić information content (AvgIpc) is 2.11. The first kappa shape index (κ1) is 11.5. The zero-order valence-electron chi connectivity index (χ0n) is 9.31. The van der Waals surface area contributed by atoms with Gasteiger partial charge in [-0.3, -0.25) is 0 Å². The van der Waals surface area contributed by atoms with Crippen LogP contribution < -0.4 is 0 Å². The van der Waals surface area contributed by atoms with Gasteiger partial charge in [0.05, 0.1) is 5.75 Å². The number of hydrogen-bond acceptors (Lipinski definition) is 3. The van der Waals surface area contributed by atoms with Crippen LogP contribution in [0.2, 0.25) is 0 Å². The fraction of sp³-hybridized carbons (Fsp3) is 0.500. The highest BCUT2D eigenvalue weighted by Gasteiger charge is 2.41. The summed E-state index contributed by atoms with van der Waals surface area (Å²) in [5, 5.41) is 9.23. The predicted molar refractivity (Wildman–Crippen MR) is 63.3 cm³/mol. The summed E-state index contributed by atoms with van der Waals surface area (Å²) in [6, 6.07) is 6.91. The van der Waals surface area contributed by atoms with E-state index < -0.39 is 9.84 Å². The molecule has 2 rings (SSSR count). The molecule has 0 heterocycles. The summed E-state index contributed by atoms with van der Waals surface area (Å²) in [6.07, 6.45) is 4.21. The van der Waals surface area contributed by atoms with Crippen molar-refractivity contribution in [3.05, 3.63) is 29.8 Å². The van der Waals surface area contributed by atoms with Crippen molar-refractivity contribution >= 4 is 9.84 Å². The molecule has 0 radical (unpaired) electrons. The van der Waals surface area contributed by atoms with Crippen molar-refractivity contribution in [2.45, 2.75) is 24.7 Å². The maximum Gasteiger partial charge on any atom is 0.148 e. The van der Waals surface area contributed by atoms with Crippen LogP contribution in [0.3, 0.4) is 0 Å². The summed E-state index contributed by atoms with van der Waals surface area (Å²) < 4.78 is 22.9. The number of phenols is 1. The first-order chi connectivity index (χ1) is 7.41. The lowest BCUT2D eigenvalue weighted by atomic mass is 9.66. The maximum atomic E-state index is 11.4. The van der Waals surface area contributed by atoms with E-state index in [0.717, 1.165) is 24.8 Å². The van der Waals surface area contributed by atoms with E-state index in [1.807, 2.05) is 12.1 Å². The van der Waals surface area contributed by atoms with Crippen molar-refractivity contribution in [3.8, 4) is 5.75 Å². The van der Waals surface area contributed by atoms with E-state index in [9.17, 15) is 13.5 Å². The molecule has 16 heavy (non-hydrogen) atoms. The monoisotopic (exact) mass is 240 g/mol. The van der Waals surface area contributed by atoms with Gasteiger partial charge in [0.2, 0.25) is 0 Å². The number of phenolic OH excluding ortho intramolecular Hbond substituents is 1. The molecule has 3 nitrogen and oxygen atoms in total. The summed E-state index contributed by atoms with van der Waals surface area (Å²) >= 11 is 0. The van der Waals surface area contributed by atoms with Crippen molar-refractivity contribution in [2.75, 3.05) is 12.0 Å². The second-order valence-electron chi connectivity index (χ2n) is 4.75. The highest BCUT2D eigenvalue weighted by atomic mass is 32.2. The topological polar surface area (TPSA) is 54.4 Å². The predicted octanol–water partition coefficient (Wildman–Crippen LogP) is 1.86. The third-order valence-corrected chi connectivity index (χ3v) is 4.41. The molecule has 0 amide bonds. The number of aromatic hydroxyl groups is 1. The summed E-state index contributed by atoms with van der Waals surface area (Å²) in [7, 11) is -2.96. The number of benzene rings is 1. The van der Waals surface area contributed by atoms with Crippen LogP contribution in [0.15, 0.2) is 24.3 Å². The molecule has 1 aromatic rings. The highest BCUT2D eigenvalue weighted by Crippen LogP contribution is 2.44. The number of sulfone groups is 1. The second kappa shape index (κ2) is 3.77. The Morgan fingerprint density at radius 2 is 1.81 bits per heavy atom. The van der Waals surface area contributed by atoms with Gasteiger partial charge in [0, 0.05) is 11.7 Å².